The molecule has 5 aromatic rings. The quantitative estimate of drug-likeness (QED) is 0.101. The molecule has 1 atom stereocenters. The third kappa shape index (κ3) is 6.91. The number of hydrogen-bond acceptors (Lipinski definition) is 5. The molecule has 0 saturated heterocycles. The number of fused-ring (bicyclic) bond motifs is 4. The number of rotatable bonds is 9. The summed E-state index contributed by atoms with van der Waals surface area (Å²) in [4.78, 5) is 2.29. The number of hydrogen-bond donors (Lipinski definition) is 1. The van der Waals surface area contributed by atoms with Crippen molar-refractivity contribution in [2.45, 2.75) is 31.7 Å². The van der Waals surface area contributed by atoms with Crippen LogP contribution in [0.1, 0.15) is 36.6 Å². The molecular weight excluding hydrogens is 687 g/mol. The molecule has 1 aromatic heterocycles. The fraction of sp³-hybridized carbons (Fsp3) is 0.205. The summed E-state index contributed by atoms with van der Waals surface area (Å²) in [5, 5.41) is 2.10. The zero-order valence-corrected chi connectivity index (χ0v) is 29.4. The van der Waals surface area contributed by atoms with Crippen LogP contribution in [0.4, 0.5) is 5.69 Å². The summed E-state index contributed by atoms with van der Waals surface area (Å²) in [5.74, 6) is 1.53. The van der Waals surface area contributed by atoms with Crippen molar-refractivity contribution in [3.63, 3.8) is 0 Å². The Morgan fingerprint density at radius 2 is 1.85 bits per heavy atom. The van der Waals surface area contributed by atoms with E-state index in [1.54, 1.807) is 7.11 Å². The molecule has 0 fully saturated rings. The van der Waals surface area contributed by atoms with Crippen LogP contribution in [0.2, 0.25) is 0 Å². The molecule has 0 spiro atoms. The molecule has 7 rings (SSSR count). The third-order valence-corrected chi connectivity index (χ3v) is 12.2. The topological polar surface area (TPSA) is 83.9 Å². The SMILES string of the molecule is COc1ccc2c(c1)N(C)/C(=C/C1=CC(=C/C=C/c3oc4ccc5ccccc5c4[n+]3CCCS(=O)(=O)O)/CC(c3ccccc3)C1)[Se]2. The molecule has 2 heterocycles. The number of benzene rings is 4. The summed E-state index contributed by atoms with van der Waals surface area (Å²) in [6.07, 6.45) is 13.0. The molecule has 0 bridgehead atoms. The summed E-state index contributed by atoms with van der Waals surface area (Å²) < 4.78 is 48.9. The van der Waals surface area contributed by atoms with Crippen molar-refractivity contribution in [1.82, 2.24) is 0 Å². The molecule has 244 valence electrons. The zero-order chi connectivity index (χ0) is 33.3. The van der Waals surface area contributed by atoms with Crippen LogP contribution < -0.4 is 18.7 Å². The fourth-order valence-electron chi connectivity index (χ4n) is 6.61. The molecule has 4 aromatic carbocycles. The van der Waals surface area contributed by atoms with Gasteiger partial charge in [-0.05, 0) is 11.5 Å². The second kappa shape index (κ2) is 13.6. The fourth-order valence-corrected chi connectivity index (χ4v) is 9.43. The van der Waals surface area contributed by atoms with E-state index in [4.69, 9.17) is 9.15 Å². The van der Waals surface area contributed by atoms with E-state index < -0.39 is 10.1 Å². The standard InChI is InChI=1S/C39H36N2O5SSe/c1-40-34-26-32(45-2)17-19-36(34)48-38(40)25-28-22-27(23-31(24-28)29-11-4-3-5-12-29)10-8-15-37-41(20-9-21-47(42,43)44)39-33-14-7-6-13-30(33)16-18-35(39)46-37/h3-8,10-19,22,25-26,31H,9,20-21,23-24H2,1-2H3/p+1. The van der Waals surface area contributed by atoms with Crippen molar-refractivity contribution in [2.75, 3.05) is 24.8 Å². The van der Waals surface area contributed by atoms with Crippen molar-refractivity contribution in [3.8, 4) is 5.75 Å². The predicted octanol–water partition coefficient (Wildman–Crippen LogP) is 6.92. The van der Waals surface area contributed by atoms with Gasteiger partial charge in [0.25, 0.3) is 10.1 Å². The van der Waals surface area contributed by atoms with Crippen LogP contribution in [-0.2, 0) is 16.7 Å². The van der Waals surface area contributed by atoms with E-state index >= 15 is 0 Å². The number of ether oxygens (including phenoxy) is 1. The Kier molecular flexibility index (Phi) is 9.12. The Morgan fingerprint density at radius 3 is 2.67 bits per heavy atom. The summed E-state index contributed by atoms with van der Waals surface area (Å²) in [6, 6.07) is 29.1. The third-order valence-electron chi connectivity index (χ3n) is 8.93. The van der Waals surface area contributed by atoms with Gasteiger partial charge in [0.1, 0.15) is 0 Å². The molecule has 48 heavy (non-hydrogen) atoms. The predicted molar refractivity (Wildman–Crippen MR) is 193 cm³/mol. The van der Waals surface area contributed by atoms with Gasteiger partial charge in [0.05, 0.1) is 5.75 Å². The number of aromatic nitrogens is 1. The maximum atomic E-state index is 11.5. The van der Waals surface area contributed by atoms with E-state index in [-0.39, 0.29) is 27.1 Å². The van der Waals surface area contributed by atoms with E-state index in [1.807, 2.05) is 53.1 Å². The van der Waals surface area contributed by atoms with Gasteiger partial charge in [0, 0.05) is 0 Å². The average Bonchev–Trinajstić information content (AvgIpc) is 3.60. The van der Waals surface area contributed by atoms with Crippen LogP contribution in [0.3, 0.4) is 0 Å². The van der Waals surface area contributed by atoms with Crippen LogP contribution in [0.15, 0.2) is 129 Å². The van der Waals surface area contributed by atoms with E-state index in [0.29, 0.717) is 18.4 Å². The molecule has 9 heteroatoms. The van der Waals surface area contributed by atoms with Crippen molar-refractivity contribution in [3.05, 3.63) is 136 Å². The van der Waals surface area contributed by atoms with E-state index in [9.17, 15) is 13.0 Å². The maximum absolute atomic E-state index is 11.5. The second-order valence-corrected chi connectivity index (χ2v) is 16.0. The first kappa shape index (κ1) is 32.2. The summed E-state index contributed by atoms with van der Waals surface area (Å²) in [7, 11) is -0.230. The van der Waals surface area contributed by atoms with Crippen molar-refractivity contribution < 1.29 is 26.7 Å². The minimum atomic E-state index is -4.07. The van der Waals surface area contributed by atoms with Crippen LogP contribution in [0.5, 0.6) is 5.75 Å². The first-order valence-corrected chi connectivity index (χ1v) is 19.3. The normalized spacial score (nSPS) is 18.4. The van der Waals surface area contributed by atoms with Crippen LogP contribution >= 0.6 is 0 Å². The van der Waals surface area contributed by atoms with Crippen LogP contribution in [0.25, 0.3) is 27.9 Å². The Balaban J connectivity index is 1.23. The van der Waals surface area contributed by atoms with Gasteiger partial charge in [0.2, 0.25) is 0 Å². The second-order valence-electron chi connectivity index (χ2n) is 12.2. The van der Waals surface area contributed by atoms with Crippen molar-refractivity contribution >= 4 is 63.2 Å². The molecule has 1 unspecified atom stereocenters. The molecule has 0 radical (unpaired) electrons. The van der Waals surface area contributed by atoms with Crippen molar-refractivity contribution in [2.24, 2.45) is 0 Å². The van der Waals surface area contributed by atoms with Gasteiger partial charge in [-0.15, -0.1) is 0 Å². The molecule has 1 N–H and O–H groups in total. The van der Waals surface area contributed by atoms with Crippen LogP contribution in [-0.4, -0.2) is 47.8 Å². The molecule has 2 aliphatic rings. The van der Waals surface area contributed by atoms with Gasteiger partial charge in [-0.3, -0.25) is 4.55 Å². The van der Waals surface area contributed by atoms with Crippen LogP contribution in [0, 0.1) is 0 Å². The zero-order valence-electron chi connectivity index (χ0n) is 26.9. The van der Waals surface area contributed by atoms with Gasteiger partial charge < -0.3 is 0 Å². The first-order valence-electron chi connectivity index (χ1n) is 16.0. The number of methoxy groups -OCH3 is 1. The number of anilines is 1. The number of aryl methyl sites for hydroxylation is 1. The van der Waals surface area contributed by atoms with E-state index in [1.165, 1.54) is 31.5 Å². The van der Waals surface area contributed by atoms with Gasteiger partial charge in [-0.25, -0.2) is 0 Å². The van der Waals surface area contributed by atoms with Gasteiger partial charge in [0.15, 0.2) is 0 Å². The summed E-state index contributed by atoms with van der Waals surface area (Å²) >= 11 is 0.203. The molecule has 7 nitrogen and oxygen atoms in total. The minimum absolute atomic E-state index is 0.203. The molecule has 1 aliphatic heterocycles. The van der Waals surface area contributed by atoms with Crippen molar-refractivity contribution in [1.29, 1.82) is 0 Å². The number of oxazole rings is 1. The molecule has 0 amide bonds. The summed E-state index contributed by atoms with van der Waals surface area (Å²) in [6.45, 7) is 0.383. The Bertz CT molecular complexity index is 2240. The Hall–Kier alpha value is -4.40. The molecule has 1 aliphatic carbocycles. The Morgan fingerprint density at radius 1 is 1.04 bits per heavy atom. The van der Waals surface area contributed by atoms with Gasteiger partial charge >= 0.3 is 224 Å². The average molecular weight is 725 g/mol. The van der Waals surface area contributed by atoms with E-state index in [2.05, 4.69) is 78.7 Å². The number of allylic oxidation sites excluding steroid dienone is 6. The monoisotopic (exact) mass is 725 g/mol. The summed E-state index contributed by atoms with van der Waals surface area (Å²) in [5.41, 5.74) is 6.70. The van der Waals surface area contributed by atoms with E-state index in [0.717, 1.165) is 40.5 Å². The van der Waals surface area contributed by atoms with Gasteiger partial charge in [-0.1, -0.05) is 24.3 Å². The number of nitrogens with zero attached hydrogens (tertiary/aromatic N) is 2. The Labute approximate surface area is 287 Å². The van der Waals surface area contributed by atoms with Gasteiger partial charge in [-0.2, -0.15) is 8.42 Å². The molecule has 0 saturated carbocycles. The first-order chi connectivity index (χ1) is 23.3. The molecular formula is C39H37N2O5SSe+.